The second kappa shape index (κ2) is 6.74. The predicted molar refractivity (Wildman–Crippen MR) is 67.1 cm³/mol. The zero-order valence-electron chi connectivity index (χ0n) is 9.52. The van der Waals surface area contributed by atoms with E-state index >= 15 is 0 Å². The van der Waals surface area contributed by atoms with E-state index in [1.54, 1.807) is 0 Å². The van der Waals surface area contributed by atoms with E-state index in [1.165, 1.54) is 5.75 Å². The maximum absolute atomic E-state index is 5.53. The Labute approximate surface area is 95.8 Å². The molecule has 0 bridgehead atoms. The van der Waals surface area contributed by atoms with E-state index in [0.29, 0.717) is 5.82 Å². The van der Waals surface area contributed by atoms with Gasteiger partial charge in [-0.05, 0) is 32.3 Å². The average Bonchev–Trinajstić information content (AvgIpc) is 2.61. The van der Waals surface area contributed by atoms with Gasteiger partial charge in [-0.25, -0.2) is 0 Å². The van der Waals surface area contributed by atoms with Crippen molar-refractivity contribution in [2.75, 3.05) is 37.9 Å². The highest BCUT2D eigenvalue weighted by Gasteiger charge is 1.98. The summed E-state index contributed by atoms with van der Waals surface area (Å²) in [4.78, 5) is 2.35. The molecule has 0 amide bonds. The molecule has 4 nitrogen and oxygen atoms in total. The average molecular weight is 228 g/mol. The minimum atomic E-state index is 0.603. The van der Waals surface area contributed by atoms with Gasteiger partial charge in [0, 0.05) is 25.0 Å². The lowest BCUT2D eigenvalue weighted by Crippen LogP contribution is -2.23. The number of rotatable bonds is 7. The molecule has 0 aromatic carbocycles. The minimum Gasteiger partial charge on any atom is -0.382 e. The van der Waals surface area contributed by atoms with Crippen molar-refractivity contribution >= 4 is 17.6 Å². The standard InChI is InChI=1S/C10H20N4S/c1-13(8-9-15-2)5-3-6-14-7-4-10(11)12-14/h4,7H,3,5-6,8-9H2,1-2H3,(H2,11,12). The highest BCUT2D eigenvalue weighted by molar-refractivity contribution is 7.98. The molecule has 5 heteroatoms. The van der Waals surface area contributed by atoms with Gasteiger partial charge in [-0.3, -0.25) is 4.68 Å². The summed E-state index contributed by atoms with van der Waals surface area (Å²) in [6.45, 7) is 3.21. The molecule has 1 aromatic heterocycles. The summed E-state index contributed by atoms with van der Waals surface area (Å²) in [5.74, 6) is 1.80. The lowest BCUT2D eigenvalue weighted by Gasteiger charge is -2.15. The molecular weight excluding hydrogens is 208 g/mol. The van der Waals surface area contributed by atoms with Crippen LogP contribution in [0.15, 0.2) is 12.3 Å². The van der Waals surface area contributed by atoms with Gasteiger partial charge in [-0.15, -0.1) is 0 Å². The first-order valence-corrected chi connectivity index (χ1v) is 6.58. The Hall–Kier alpha value is -0.680. The fourth-order valence-electron chi connectivity index (χ4n) is 1.36. The maximum Gasteiger partial charge on any atom is 0.145 e. The van der Waals surface area contributed by atoms with Gasteiger partial charge >= 0.3 is 0 Å². The smallest absolute Gasteiger partial charge is 0.145 e. The Balaban J connectivity index is 2.10. The van der Waals surface area contributed by atoms with Crippen LogP contribution in [-0.2, 0) is 6.54 Å². The molecule has 0 aliphatic rings. The van der Waals surface area contributed by atoms with Crippen LogP contribution in [0.2, 0.25) is 0 Å². The number of hydrogen-bond donors (Lipinski definition) is 1. The zero-order chi connectivity index (χ0) is 11.1. The SMILES string of the molecule is CSCCN(C)CCCn1ccc(N)n1. The summed E-state index contributed by atoms with van der Waals surface area (Å²) in [6, 6.07) is 1.83. The number of anilines is 1. The van der Waals surface area contributed by atoms with Gasteiger partial charge in [0.1, 0.15) is 5.82 Å². The van der Waals surface area contributed by atoms with E-state index < -0.39 is 0 Å². The third-order valence-electron chi connectivity index (χ3n) is 2.27. The van der Waals surface area contributed by atoms with Crippen molar-refractivity contribution in [1.82, 2.24) is 14.7 Å². The highest BCUT2D eigenvalue weighted by atomic mass is 32.2. The van der Waals surface area contributed by atoms with E-state index in [-0.39, 0.29) is 0 Å². The van der Waals surface area contributed by atoms with E-state index in [4.69, 9.17) is 5.73 Å². The second-order valence-electron chi connectivity index (χ2n) is 3.65. The van der Waals surface area contributed by atoms with E-state index in [1.807, 2.05) is 28.7 Å². The number of aryl methyl sites for hydroxylation is 1. The molecule has 0 fully saturated rings. The van der Waals surface area contributed by atoms with Crippen LogP contribution in [-0.4, -0.2) is 46.8 Å². The first kappa shape index (κ1) is 12.4. The van der Waals surface area contributed by atoms with Crippen molar-refractivity contribution < 1.29 is 0 Å². The summed E-state index contributed by atoms with van der Waals surface area (Å²) >= 11 is 1.89. The maximum atomic E-state index is 5.53. The molecule has 1 aromatic rings. The molecule has 0 saturated heterocycles. The normalized spacial score (nSPS) is 11.1. The van der Waals surface area contributed by atoms with Gasteiger partial charge in [-0.2, -0.15) is 16.9 Å². The van der Waals surface area contributed by atoms with Gasteiger partial charge in [0.25, 0.3) is 0 Å². The van der Waals surface area contributed by atoms with Crippen molar-refractivity contribution in [3.8, 4) is 0 Å². The highest BCUT2D eigenvalue weighted by Crippen LogP contribution is 1.99. The van der Waals surface area contributed by atoms with E-state index in [2.05, 4.69) is 23.3 Å². The molecule has 0 saturated carbocycles. The monoisotopic (exact) mass is 228 g/mol. The summed E-state index contributed by atoms with van der Waals surface area (Å²) in [5.41, 5.74) is 5.53. The predicted octanol–water partition coefficient (Wildman–Crippen LogP) is 1.15. The van der Waals surface area contributed by atoms with Crippen molar-refractivity contribution in [1.29, 1.82) is 0 Å². The number of nitrogens with two attached hydrogens (primary N) is 1. The van der Waals surface area contributed by atoms with Crippen LogP contribution in [0.3, 0.4) is 0 Å². The van der Waals surface area contributed by atoms with Gasteiger partial charge < -0.3 is 10.6 Å². The first-order chi connectivity index (χ1) is 7.22. The topological polar surface area (TPSA) is 47.1 Å². The Morgan fingerprint density at radius 1 is 1.53 bits per heavy atom. The van der Waals surface area contributed by atoms with Crippen LogP contribution in [0.5, 0.6) is 0 Å². The number of thioether (sulfide) groups is 1. The number of nitrogens with zero attached hydrogens (tertiary/aromatic N) is 3. The summed E-state index contributed by atoms with van der Waals surface area (Å²) in [7, 11) is 2.16. The molecule has 15 heavy (non-hydrogen) atoms. The van der Waals surface area contributed by atoms with Crippen molar-refractivity contribution in [3.05, 3.63) is 12.3 Å². The summed E-state index contributed by atoms with van der Waals surface area (Å²) in [5, 5.41) is 4.14. The zero-order valence-corrected chi connectivity index (χ0v) is 10.3. The molecule has 1 heterocycles. The lowest BCUT2D eigenvalue weighted by molar-refractivity contribution is 0.337. The largest absolute Gasteiger partial charge is 0.382 e. The summed E-state index contributed by atoms with van der Waals surface area (Å²) < 4.78 is 1.90. The van der Waals surface area contributed by atoms with Crippen LogP contribution in [0.1, 0.15) is 6.42 Å². The van der Waals surface area contributed by atoms with Crippen LogP contribution in [0.25, 0.3) is 0 Å². The molecule has 1 rings (SSSR count). The lowest BCUT2D eigenvalue weighted by atomic mass is 10.4. The Morgan fingerprint density at radius 2 is 2.33 bits per heavy atom. The third kappa shape index (κ3) is 5.09. The molecule has 0 aliphatic carbocycles. The van der Waals surface area contributed by atoms with E-state index in [9.17, 15) is 0 Å². The Morgan fingerprint density at radius 3 is 2.93 bits per heavy atom. The Kier molecular flexibility index (Phi) is 5.57. The van der Waals surface area contributed by atoms with Crippen molar-refractivity contribution in [2.24, 2.45) is 0 Å². The van der Waals surface area contributed by atoms with Crippen molar-refractivity contribution in [2.45, 2.75) is 13.0 Å². The third-order valence-corrected chi connectivity index (χ3v) is 2.86. The molecule has 2 N–H and O–H groups in total. The molecule has 86 valence electrons. The number of nitrogen functional groups attached to an aromatic ring is 1. The molecule has 0 atom stereocenters. The van der Waals surface area contributed by atoms with Gasteiger partial charge in [0.15, 0.2) is 0 Å². The van der Waals surface area contributed by atoms with Gasteiger partial charge in [0.05, 0.1) is 0 Å². The molecular formula is C10H20N4S. The second-order valence-corrected chi connectivity index (χ2v) is 4.64. The van der Waals surface area contributed by atoms with Crippen LogP contribution >= 0.6 is 11.8 Å². The number of aromatic nitrogens is 2. The molecule has 0 radical (unpaired) electrons. The fourth-order valence-corrected chi connectivity index (χ4v) is 1.86. The van der Waals surface area contributed by atoms with Crippen molar-refractivity contribution in [3.63, 3.8) is 0 Å². The fraction of sp³-hybridized carbons (Fsp3) is 0.700. The number of hydrogen-bond acceptors (Lipinski definition) is 4. The van der Waals surface area contributed by atoms with Gasteiger partial charge in [-0.1, -0.05) is 0 Å². The molecule has 0 spiro atoms. The van der Waals surface area contributed by atoms with Crippen LogP contribution in [0.4, 0.5) is 5.82 Å². The molecule has 0 unspecified atom stereocenters. The quantitative estimate of drug-likeness (QED) is 0.760. The van der Waals surface area contributed by atoms with E-state index in [0.717, 1.165) is 26.1 Å². The first-order valence-electron chi connectivity index (χ1n) is 5.19. The Bertz CT molecular complexity index is 274. The van der Waals surface area contributed by atoms with Gasteiger partial charge in [0.2, 0.25) is 0 Å². The van der Waals surface area contributed by atoms with Crippen LogP contribution < -0.4 is 5.73 Å². The van der Waals surface area contributed by atoms with Crippen LogP contribution in [0, 0.1) is 0 Å². The minimum absolute atomic E-state index is 0.603. The molecule has 0 aliphatic heterocycles. The summed E-state index contributed by atoms with van der Waals surface area (Å²) in [6.07, 6.45) is 5.18.